The highest BCUT2D eigenvalue weighted by molar-refractivity contribution is 9.10. The Hall–Kier alpha value is -0.980. The summed E-state index contributed by atoms with van der Waals surface area (Å²) in [4.78, 5) is 14.1. The molecular formula is C14H17BrFNO3. The van der Waals surface area contributed by atoms with Crippen LogP contribution in [0.5, 0.6) is 0 Å². The summed E-state index contributed by atoms with van der Waals surface area (Å²) < 4.78 is 19.1. The van der Waals surface area contributed by atoms with Gasteiger partial charge < -0.3 is 14.7 Å². The molecule has 110 valence electrons. The van der Waals surface area contributed by atoms with Crippen molar-refractivity contribution in [2.24, 2.45) is 0 Å². The first-order valence-electron chi connectivity index (χ1n) is 6.35. The fourth-order valence-electron chi connectivity index (χ4n) is 2.36. The van der Waals surface area contributed by atoms with Crippen molar-refractivity contribution < 1.29 is 19.0 Å². The Bertz CT molecular complexity index is 521. The van der Waals surface area contributed by atoms with Gasteiger partial charge in [-0.15, -0.1) is 0 Å². The maximum absolute atomic E-state index is 13.2. The summed E-state index contributed by atoms with van der Waals surface area (Å²) in [7, 11) is 0. The zero-order chi connectivity index (χ0) is 14.9. The second kappa shape index (κ2) is 5.79. The van der Waals surface area contributed by atoms with E-state index in [9.17, 15) is 14.3 Å². The molecular weight excluding hydrogens is 329 g/mol. The predicted molar refractivity (Wildman–Crippen MR) is 76.0 cm³/mol. The topological polar surface area (TPSA) is 49.8 Å². The molecule has 1 fully saturated rings. The molecule has 1 unspecified atom stereocenters. The summed E-state index contributed by atoms with van der Waals surface area (Å²) in [6.45, 7) is 4.36. The van der Waals surface area contributed by atoms with E-state index in [2.05, 4.69) is 15.9 Å². The second-order valence-corrected chi connectivity index (χ2v) is 6.35. The number of halogens is 2. The molecule has 1 aromatic rings. The number of benzene rings is 1. The molecule has 0 aromatic heterocycles. The molecule has 2 rings (SSSR count). The van der Waals surface area contributed by atoms with Crippen molar-refractivity contribution in [2.45, 2.75) is 25.6 Å². The first-order valence-corrected chi connectivity index (χ1v) is 7.15. The minimum Gasteiger partial charge on any atom is -0.394 e. The van der Waals surface area contributed by atoms with E-state index in [0.717, 1.165) is 0 Å². The third kappa shape index (κ3) is 3.37. The second-order valence-electron chi connectivity index (χ2n) is 5.50. The number of hydrogen-bond acceptors (Lipinski definition) is 3. The van der Waals surface area contributed by atoms with Gasteiger partial charge in [0.1, 0.15) is 5.82 Å². The summed E-state index contributed by atoms with van der Waals surface area (Å²) in [5.41, 5.74) is -0.105. The molecule has 1 heterocycles. The normalized spacial score (nSPS) is 21.9. The van der Waals surface area contributed by atoms with E-state index in [0.29, 0.717) is 18.7 Å². The lowest BCUT2D eigenvalue weighted by Gasteiger charge is -2.42. The standard InChI is InChI=1S/C14H17BrFNO3/c1-14(2)8-17(6-10(7-18)20-14)13(19)9-3-4-12(16)11(15)5-9/h3-5,10,18H,6-8H2,1-2H3. The van der Waals surface area contributed by atoms with E-state index in [4.69, 9.17) is 4.74 Å². The molecule has 1 amide bonds. The van der Waals surface area contributed by atoms with Crippen molar-refractivity contribution >= 4 is 21.8 Å². The number of ether oxygens (including phenoxy) is 1. The number of carbonyl (C=O) groups is 1. The van der Waals surface area contributed by atoms with Gasteiger partial charge in [0.05, 0.1) is 22.8 Å². The average Bonchev–Trinajstić information content (AvgIpc) is 2.39. The van der Waals surface area contributed by atoms with Crippen LogP contribution in [0, 0.1) is 5.82 Å². The largest absolute Gasteiger partial charge is 0.394 e. The number of nitrogens with zero attached hydrogens (tertiary/aromatic N) is 1. The summed E-state index contributed by atoms with van der Waals surface area (Å²) >= 11 is 3.08. The van der Waals surface area contributed by atoms with Crippen molar-refractivity contribution in [3.63, 3.8) is 0 Å². The Kier molecular flexibility index (Phi) is 4.46. The van der Waals surface area contributed by atoms with Crippen LogP contribution in [-0.4, -0.2) is 47.3 Å². The van der Waals surface area contributed by atoms with Gasteiger partial charge in [-0.2, -0.15) is 0 Å². The highest BCUT2D eigenvalue weighted by Gasteiger charge is 2.35. The molecule has 1 aliphatic rings. The molecule has 1 aliphatic heterocycles. The molecule has 0 aliphatic carbocycles. The number of amides is 1. The number of rotatable bonds is 2. The zero-order valence-corrected chi connectivity index (χ0v) is 13.0. The van der Waals surface area contributed by atoms with Gasteiger partial charge in [-0.25, -0.2) is 4.39 Å². The maximum Gasteiger partial charge on any atom is 0.254 e. The van der Waals surface area contributed by atoms with Crippen molar-refractivity contribution in [3.8, 4) is 0 Å². The summed E-state index contributed by atoms with van der Waals surface area (Å²) in [6, 6.07) is 4.18. The minimum atomic E-state index is -0.515. The highest BCUT2D eigenvalue weighted by Crippen LogP contribution is 2.24. The Morgan fingerprint density at radius 3 is 2.90 bits per heavy atom. The van der Waals surface area contributed by atoms with Gasteiger partial charge >= 0.3 is 0 Å². The molecule has 1 aromatic carbocycles. The molecule has 0 radical (unpaired) electrons. The van der Waals surface area contributed by atoms with Crippen LogP contribution >= 0.6 is 15.9 Å². The van der Waals surface area contributed by atoms with E-state index in [1.54, 1.807) is 4.90 Å². The monoisotopic (exact) mass is 345 g/mol. The summed E-state index contributed by atoms with van der Waals surface area (Å²) in [6.07, 6.45) is -0.397. The van der Waals surface area contributed by atoms with Crippen LogP contribution in [-0.2, 0) is 4.74 Å². The summed E-state index contributed by atoms with van der Waals surface area (Å²) in [5, 5.41) is 9.25. The van der Waals surface area contributed by atoms with E-state index >= 15 is 0 Å². The smallest absolute Gasteiger partial charge is 0.254 e. The Balaban J connectivity index is 2.21. The molecule has 0 bridgehead atoms. The van der Waals surface area contributed by atoms with Crippen LogP contribution in [0.2, 0.25) is 0 Å². The van der Waals surface area contributed by atoms with E-state index < -0.39 is 17.5 Å². The first-order chi connectivity index (χ1) is 9.32. The van der Waals surface area contributed by atoms with Crippen molar-refractivity contribution in [3.05, 3.63) is 34.1 Å². The van der Waals surface area contributed by atoms with Crippen molar-refractivity contribution in [1.29, 1.82) is 0 Å². The number of hydrogen-bond donors (Lipinski definition) is 1. The Morgan fingerprint density at radius 1 is 1.60 bits per heavy atom. The molecule has 1 N–H and O–H groups in total. The Labute approximate surface area is 125 Å². The van der Waals surface area contributed by atoms with E-state index in [1.165, 1.54) is 18.2 Å². The molecule has 1 saturated heterocycles. The third-order valence-electron chi connectivity index (χ3n) is 3.14. The zero-order valence-electron chi connectivity index (χ0n) is 11.4. The molecule has 0 spiro atoms. The number of carbonyl (C=O) groups excluding carboxylic acids is 1. The van der Waals surface area contributed by atoms with Crippen LogP contribution < -0.4 is 0 Å². The average molecular weight is 346 g/mol. The predicted octanol–water partition coefficient (Wildman–Crippen LogP) is 2.20. The van der Waals surface area contributed by atoms with Crippen LogP contribution in [0.3, 0.4) is 0 Å². The fraction of sp³-hybridized carbons (Fsp3) is 0.500. The van der Waals surface area contributed by atoms with Gasteiger partial charge in [-0.1, -0.05) is 0 Å². The number of morpholine rings is 1. The highest BCUT2D eigenvalue weighted by atomic mass is 79.9. The van der Waals surface area contributed by atoms with Crippen LogP contribution in [0.1, 0.15) is 24.2 Å². The van der Waals surface area contributed by atoms with Gasteiger partial charge in [-0.05, 0) is 48.0 Å². The third-order valence-corrected chi connectivity index (χ3v) is 3.75. The van der Waals surface area contributed by atoms with Crippen LogP contribution in [0.4, 0.5) is 4.39 Å². The van der Waals surface area contributed by atoms with Gasteiger partial charge in [0.25, 0.3) is 5.91 Å². The van der Waals surface area contributed by atoms with Crippen LogP contribution in [0.25, 0.3) is 0 Å². The Morgan fingerprint density at radius 2 is 2.30 bits per heavy atom. The van der Waals surface area contributed by atoms with E-state index in [1.807, 2.05) is 13.8 Å². The SMILES string of the molecule is CC1(C)CN(C(=O)c2ccc(F)c(Br)c2)CC(CO)O1. The molecule has 0 saturated carbocycles. The molecule has 4 nitrogen and oxygen atoms in total. The fourth-order valence-corrected chi connectivity index (χ4v) is 2.74. The number of aliphatic hydroxyl groups excluding tert-OH is 1. The maximum atomic E-state index is 13.2. The van der Waals surface area contributed by atoms with Gasteiger partial charge in [-0.3, -0.25) is 4.79 Å². The molecule has 20 heavy (non-hydrogen) atoms. The quantitative estimate of drug-likeness (QED) is 0.893. The van der Waals surface area contributed by atoms with Gasteiger partial charge in [0, 0.05) is 18.7 Å². The van der Waals surface area contributed by atoms with Crippen LogP contribution in [0.15, 0.2) is 22.7 Å². The van der Waals surface area contributed by atoms with Gasteiger partial charge in [0.2, 0.25) is 0 Å². The van der Waals surface area contributed by atoms with Crippen molar-refractivity contribution in [2.75, 3.05) is 19.7 Å². The van der Waals surface area contributed by atoms with Gasteiger partial charge in [0.15, 0.2) is 0 Å². The lowest BCUT2D eigenvalue weighted by atomic mass is 10.0. The lowest BCUT2D eigenvalue weighted by molar-refractivity contribution is -0.139. The lowest BCUT2D eigenvalue weighted by Crippen LogP contribution is -2.55. The number of aliphatic hydroxyl groups is 1. The first kappa shape index (κ1) is 15.4. The minimum absolute atomic E-state index is 0.139. The summed E-state index contributed by atoms with van der Waals surface area (Å²) in [5.74, 6) is -0.599. The molecule has 6 heteroatoms. The van der Waals surface area contributed by atoms with Crippen molar-refractivity contribution in [1.82, 2.24) is 4.90 Å². The molecule has 1 atom stereocenters. The van der Waals surface area contributed by atoms with E-state index in [-0.39, 0.29) is 17.0 Å².